The Hall–Kier alpha value is -0.120. The lowest BCUT2D eigenvalue weighted by Crippen LogP contribution is -2.41. The molecule has 80 valence electrons. The molecule has 0 spiro atoms. The Balaban J connectivity index is 3.86. The SMILES string of the molecule is CNCC(C)(C)OCC(C)(C)OC. The molecule has 0 fully saturated rings. The molecule has 0 saturated heterocycles. The third kappa shape index (κ3) is 6.02. The minimum absolute atomic E-state index is 0.134. The molecule has 0 amide bonds. The molecule has 3 nitrogen and oxygen atoms in total. The summed E-state index contributed by atoms with van der Waals surface area (Å²) in [6.07, 6.45) is 0. The third-order valence-corrected chi connectivity index (χ3v) is 1.97. The first kappa shape index (κ1) is 12.9. The van der Waals surface area contributed by atoms with E-state index in [4.69, 9.17) is 9.47 Å². The normalized spacial score (nSPS) is 13.4. The van der Waals surface area contributed by atoms with Crippen molar-refractivity contribution >= 4 is 0 Å². The van der Waals surface area contributed by atoms with Crippen LogP contribution in [-0.2, 0) is 9.47 Å². The monoisotopic (exact) mass is 189 g/mol. The number of ether oxygens (including phenoxy) is 2. The molecular weight excluding hydrogens is 166 g/mol. The fraction of sp³-hybridized carbons (Fsp3) is 1.00. The van der Waals surface area contributed by atoms with Crippen LogP contribution in [0.15, 0.2) is 0 Å². The highest BCUT2D eigenvalue weighted by Gasteiger charge is 2.23. The predicted molar refractivity (Wildman–Crippen MR) is 55.0 cm³/mol. The van der Waals surface area contributed by atoms with E-state index < -0.39 is 0 Å². The molecule has 1 N–H and O–H groups in total. The van der Waals surface area contributed by atoms with Gasteiger partial charge in [-0.3, -0.25) is 0 Å². The Kier molecular flexibility index (Phi) is 4.89. The number of hydrogen-bond acceptors (Lipinski definition) is 3. The number of rotatable bonds is 6. The van der Waals surface area contributed by atoms with Crippen LogP contribution in [-0.4, -0.2) is 38.5 Å². The summed E-state index contributed by atoms with van der Waals surface area (Å²) in [4.78, 5) is 0. The van der Waals surface area contributed by atoms with Crippen LogP contribution in [0.2, 0.25) is 0 Å². The van der Waals surface area contributed by atoms with Gasteiger partial charge in [0.2, 0.25) is 0 Å². The van der Waals surface area contributed by atoms with Gasteiger partial charge in [0, 0.05) is 13.7 Å². The maximum absolute atomic E-state index is 5.74. The van der Waals surface area contributed by atoms with Gasteiger partial charge in [0.25, 0.3) is 0 Å². The Morgan fingerprint density at radius 1 is 1.08 bits per heavy atom. The van der Waals surface area contributed by atoms with Gasteiger partial charge in [0.1, 0.15) is 0 Å². The van der Waals surface area contributed by atoms with Crippen molar-refractivity contribution in [2.24, 2.45) is 0 Å². The molecule has 0 saturated carbocycles. The van der Waals surface area contributed by atoms with Gasteiger partial charge in [0.15, 0.2) is 0 Å². The lowest BCUT2D eigenvalue weighted by molar-refractivity contribution is -0.104. The van der Waals surface area contributed by atoms with E-state index in [1.165, 1.54) is 0 Å². The summed E-state index contributed by atoms with van der Waals surface area (Å²) < 4.78 is 11.0. The number of hydrogen-bond donors (Lipinski definition) is 1. The zero-order valence-electron chi connectivity index (χ0n) is 9.73. The molecule has 0 heterocycles. The molecule has 0 unspecified atom stereocenters. The van der Waals surface area contributed by atoms with E-state index in [1.807, 2.05) is 20.9 Å². The van der Waals surface area contributed by atoms with Crippen molar-refractivity contribution < 1.29 is 9.47 Å². The molecule has 13 heavy (non-hydrogen) atoms. The van der Waals surface area contributed by atoms with E-state index in [2.05, 4.69) is 19.2 Å². The smallest absolute Gasteiger partial charge is 0.0855 e. The van der Waals surface area contributed by atoms with Crippen LogP contribution in [0.25, 0.3) is 0 Å². The van der Waals surface area contributed by atoms with Crippen LogP contribution < -0.4 is 5.32 Å². The predicted octanol–water partition coefficient (Wildman–Crippen LogP) is 1.43. The van der Waals surface area contributed by atoms with Gasteiger partial charge in [-0.05, 0) is 34.7 Å². The average molecular weight is 189 g/mol. The third-order valence-electron chi connectivity index (χ3n) is 1.97. The maximum atomic E-state index is 5.74. The zero-order valence-corrected chi connectivity index (χ0v) is 9.73. The first-order valence-electron chi connectivity index (χ1n) is 4.67. The van der Waals surface area contributed by atoms with Crippen LogP contribution >= 0.6 is 0 Å². The Morgan fingerprint density at radius 2 is 1.62 bits per heavy atom. The second-order valence-electron chi connectivity index (χ2n) is 4.54. The van der Waals surface area contributed by atoms with Gasteiger partial charge in [-0.15, -0.1) is 0 Å². The van der Waals surface area contributed by atoms with Crippen molar-refractivity contribution in [1.82, 2.24) is 5.32 Å². The minimum atomic E-state index is -0.203. The summed E-state index contributed by atoms with van der Waals surface area (Å²) in [6, 6.07) is 0. The summed E-state index contributed by atoms with van der Waals surface area (Å²) in [7, 11) is 3.63. The topological polar surface area (TPSA) is 30.5 Å². The maximum Gasteiger partial charge on any atom is 0.0855 e. The van der Waals surface area contributed by atoms with Gasteiger partial charge in [-0.25, -0.2) is 0 Å². The number of nitrogens with one attached hydrogen (secondary N) is 1. The molecule has 0 aliphatic carbocycles. The van der Waals surface area contributed by atoms with Crippen molar-refractivity contribution in [3.05, 3.63) is 0 Å². The molecule has 3 heteroatoms. The van der Waals surface area contributed by atoms with E-state index in [0.717, 1.165) is 6.54 Å². The van der Waals surface area contributed by atoms with Crippen molar-refractivity contribution in [1.29, 1.82) is 0 Å². The first-order chi connectivity index (χ1) is 5.83. The molecule has 0 aromatic carbocycles. The van der Waals surface area contributed by atoms with E-state index in [1.54, 1.807) is 7.11 Å². The second-order valence-corrected chi connectivity index (χ2v) is 4.54. The molecule has 0 bridgehead atoms. The van der Waals surface area contributed by atoms with Crippen LogP contribution in [0.1, 0.15) is 27.7 Å². The molecule has 0 aliphatic heterocycles. The molecular formula is C10H23NO2. The summed E-state index contributed by atoms with van der Waals surface area (Å²) in [5, 5.41) is 3.10. The van der Waals surface area contributed by atoms with Crippen molar-refractivity contribution in [3.8, 4) is 0 Å². The fourth-order valence-corrected chi connectivity index (χ4v) is 0.905. The summed E-state index contributed by atoms with van der Waals surface area (Å²) in [5.41, 5.74) is -0.338. The van der Waals surface area contributed by atoms with Gasteiger partial charge in [-0.2, -0.15) is 0 Å². The number of likely N-dealkylation sites (N-methyl/N-ethyl adjacent to an activating group) is 1. The largest absolute Gasteiger partial charge is 0.376 e. The van der Waals surface area contributed by atoms with Crippen molar-refractivity contribution in [3.63, 3.8) is 0 Å². The van der Waals surface area contributed by atoms with Gasteiger partial charge < -0.3 is 14.8 Å². The van der Waals surface area contributed by atoms with E-state index in [9.17, 15) is 0 Å². The van der Waals surface area contributed by atoms with E-state index in [0.29, 0.717) is 6.61 Å². The summed E-state index contributed by atoms with van der Waals surface area (Å²) in [5.74, 6) is 0. The quantitative estimate of drug-likeness (QED) is 0.685. The summed E-state index contributed by atoms with van der Waals surface area (Å²) in [6.45, 7) is 9.61. The highest BCUT2D eigenvalue weighted by molar-refractivity contribution is 4.74. The van der Waals surface area contributed by atoms with E-state index in [-0.39, 0.29) is 11.2 Å². The van der Waals surface area contributed by atoms with Gasteiger partial charge in [0.05, 0.1) is 17.8 Å². The van der Waals surface area contributed by atoms with Crippen LogP contribution in [0, 0.1) is 0 Å². The Labute approximate surface area is 81.8 Å². The average Bonchev–Trinajstić information content (AvgIpc) is 2.02. The molecule has 0 atom stereocenters. The van der Waals surface area contributed by atoms with Crippen LogP contribution in [0.4, 0.5) is 0 Å². The number of methoxy groups -OCH3 is 1. The van der Waals surface area contributed by atoms with Gasteiger partial charge in [-0.1, -0.05) is 0 Å². The van der Waals surface area contributed by atoms with Crippen molar-refractivity contribution in [2.45, 2.75) is 38.9 Å². The molecule has 0 aromatic rings. The van der Waals surface area contributed by atoms with Gasteiger partial charge >= 0.3 is 0 Å². The summed E-state index contributed by atoms with van der Waals surface area (Å²) >= 11 is 0. The minimum Gasteiger partial charge on any atom is -0.376 e. The molecule has 0 aliphatic rings. The standard InChI is InChI=1S/C10H23NO2/c1-9(2,7-11-5)13-8-10(3,4)12-6/h11H,7-8H2,1-6H3. The molecule has 0 aromatic heterocycles. The van der Waals surface area contributed by atoms with Crippen LogP contribution in [0.5, 0.6) is 0 Å². The van der Waals surface area contributed by atoms with E-state index >= 15 is 0 Å². The second kappa shape index (κ2) is 4.94. The Morgan fingerprint density at radius 3 is 2.00 bits per heavy atom. The molecule has 0 radical (unpaired) electrons. The lowest BCUT2D eigenvalue weighted by Gasteiger charge is -2.30. The van der Waals surface area contributed by atoms with Crippen molar-refractivity contribution in [2.75, 3.05) is 27.3 Å². The first-order valence-corrected chi connectivity index (χ1v) is 4.67. The highest BCUT2D eigenvalue weighted by atomic mass is 16.5. The Bertz CT molecular complexity index is 144. The zero-order chi connectivity index (χ0) is 10.5. The highest BCUT2D eigenvalue weighted by Crippen LogP contribution is 2.14. The lowest BCUT2D eigenvalue weighted by atomic mass is 10.1. The fourth-order valence-electron chi connectivity index (χ4n) is 0.905. The van der Waals surface area contributed by atoms with Crippen LogP contribution in [0.3, 0.4) is 0 Å². The molecule has 0 rings (SSSR count).